The van der Waals surface area contributed by atoms with Crippen LogP contribution in [0.15, 0.2) is 41.3 Å². The van der Waals surface area contributed by atoms with Crippen LogP contribution in [0, 0.1) is 17.5 Å². The molecule has 0 saturated carbocycles. The second-order valence-electron chi connectivity index (χ2n) is 9.13. The summed E-state index contributed by atoms with van der Waals surface area (Å²) >= 11 is 3.23. The highest BCUT2D eigenvalue weighted by Crippen LogP contribution is 2.37. The van der Waals surface area contributed by atoms with Gasteiger partial charge >= 0.3 is 17.9 Å². The van der Waals surface area contributed by atoms with Gasteiger partial charge in [0.1, 0.15) is 24.4 Å². The summed E-state index contributed by atoms with van der Waals surface area (Å²) < 4.78 is 65.0. The van der Waals surface area contributed by atoms with Gasteiger partial charge in [0.25, 0.3) is 0 Å². The van der Waals surface area contributed by atoms with Gasteiger partial charge in [-0.15, -0.1) is 5.10 Å². The van der Waals surface area contributed by atoms with Gasteiger partial charge in [-0.1, -0.05) is 5.21 Å². The number of hydrogen-bond acceptors (Lipinski definition) is 11. The number of carbonyl (C=O) groups excluding carboxylic acids is 4. The minimum Gasteiger partial charge on any atom is -0.463 e. The van der Waals surface area contributed by atoms with E-state index in [4.69, 9.17) is 18.9 Å². The van der Waals surface area contributed by atoms with Crippen molar-refractivity contribution in [3.8, 4) is 11.3 Å². The van der Waals surface area contributed by atoms with E-state index >= 15 is 0 Å². The fourth-order valence-corrected chi connectivity index (χ4v) is 4.77. The number of nitrogens with zero attached hydrogens (tertiary/aromatic N) is 4. The molecule has 0 N–H and O–H groups in total. The number of ketones is 1. The van der Waals surface area contributed by atoms with Crippen LogP contribution in [0.25, 0.3) is 11.3 Å². The zero-order valence-electron chi connectivity index (χ0n) is 22.1. The molecule has 5 atom stereocenters. The number of rotatable bonds is 8. The molecule has 0 bridgehead atoms. The van der Waals surface area contributed by atoms with Crippen LogP contribution in [0.2, 0.25) is 0 Å². The number of Topliss-reactive ketones (excluding diaryl/α,β-unsaturated/α-hetero) is 1. The maximum atomic E-state index is 13.9. The smallest absolute Gasteiger partial charge is 0.303 e. The first-order valence-corrected chi connectivity index (χ1v) is 13.0. The second-order valence-corrected chi connectivity index (χ2v) is 10.0. The van der Waals surface area contributed by atoms with Crippen LogP contribution in [-0.2, 0) is 33.3 Å². The Kier molecular flexibility index (Phi) is 9.36. The van der Waals surface area contributed by atoms with E-state index in [1.165, 1.54) is 24.7 Å². The summed E-state index contributed by atoms with van der Waals surface area (Å²) in [4.78, 5) is 53.7. The molecule has 1 aliphatic rings. The van der Waals surface area contributed by atoms with Crippen LogP contribution in [0.3, 0.4) is 0 Å². The maximum Gasteiger partial charge on any atom is 0.303 e. The molecule has 1 aliphatic heterocycles. The Morgan fingerprint density at radius 1 is 0.952 bits per heavy atom. The van der Waals surface area contributed by atoms with Crippen molar-refractivity contribution in [1.82, 2.24) is 20.0 Å². The van der Waals surface area contributed by atoms with Crippen molar-refractivity contribution in [2.75, 3.05) is 6.61 Å². The Morgan fingerprint density at radius 3 is 2.19 bits per heavy atom. The summed E-state index contributed by atoms with van der Waals surface area (Å²) in [5.41, 5.74) is -0.279. The molecule has 1 aromatic carbocycles. The van der Waals surface area contributed by atoms with Crippen LogP contribution in [0.4, 0.5) is 13.2 Å². The molecule has 2 aromatic heterocycles. The quantitative estimate of drug-likeness (QED) is 0.153. The molecule has 0 spiro atoms. The lowest BCUT2D eigenvalue weighted by Crippen LogP contribution is -2.60. The topological polar surface area (TPSA) is 149 Å². The van der Waals surface area contributed by atoms with E-state index in [9.17, 15) is 32.3 Å². The van der Waals surface area contributed by atoms with Crippen molar-refractivity contribution in [2.45, 2.75) is 51.2 Å². The monoisotopic (exact) mass is 654 g/mol. The first kappa shape index (κ1) is 30.8. The number of halogens is 4. The zero-order chi connectivity index (χ0) is 30.7. The van der Waals surface area contributed by atoms with Crippen molar-refractivity contribution < 1.29 is 51.3 Å². The molecule has 12 nitrogen and oxygen atoms in total. The minimum atomic E-state index is -1.68. The molecule has 1 saturated heterocycles. The van der Waals surface area contributed by atoms with Gasteiger partial charge in [0.15, 0.2) is 41.5 Å². The highest BCUT2D eigenvalue weighted by Gasteiger charge is 2.54. The zero-order valence-corrected chi connectivity index (χ0v) is 23.7. The van der Waals surface area contributed by atoms with Crippen molar-refractivity contribution in [1.29, 1.82) is 0 Å². The van der Waals surface area contributed by atoms with E-state index in [-0.39, 0.29) is 16.8 Å². The molecule has 3 heterocycles. The lowest BCUT2D eigenvalue weighted by molar-refractivity contribution is -0.218. The van der Waals surface area contributed by atoms with Crippen molar-refractivity contribution >= 4 is 39.6 Å². The van der Waals surface area contributed by atoms with Crippen LogP contribution in [-0.4, -0.2) is 74.7 Å². The molecule has 0 radical (unpaired) electrons. The molecule has 16 heteroatoms. The average Bonchev–Trinajstić information content (AvgIpc) is 3.40. The average molecular weight is 655 g/mol. The van der Waals surface area contributed by atoms with E-state index in [2.05, 4.69) is 31.2 Å². The summed E-state index contributed by atoms with van der Waals surface area (Å²) in [5, 5.41) is 7.86. The van der Waals surface area contributed by atoms with Gasteiger partial charge in [0.05, 0.1) is 6.20 Å². The third kappa shape index (κ3) is 6.82. The summed E-state index contributed by atoms with van der Waals surface area (Å²) in [7, 11) is 0. The fourth-order valence-electron chi connectivity index (χ4n) is 4.40. The molecule has 2 unspecified atom stereocenters. The fraction of sp³-hybridized carbons (Fsp3) is 0.346. The Bertz CT molecular complexity index is 1510. The van der Waals surface area contributed by atoms with Gasteiger partial charge < -0.3 is 18.9 Å². The Morgan fingerprint density at radius 2 is 1.60 bits per heavy atom. The Labute approximate surface area is 244 Å². The lowest BCUT2D eigenvalue weighted by Gasteiger charge is -2.44. The van der Waals surface area contributed by atoms with Gasteiger partial charge in [-0.25, -0.2) is 17.9 Å². The van der Waals surface area contributed by atoms with E-state index in [0.29, 0.717) is 16.6 Å². The summed E-state index contributed by atoms with van der Waals surface area (Å²) in [6.07, 6.45) is -1.94. The van der Waals surface area contributed by atoms with E-state index in [0.717, 1.165) is 25.5 Å². The van der Waals surface area contributed by atoms with E-state index < -0.39 is 78.2 Å². The highest BCUT2D eigenvalue weighted by molar-refractivity contribution is 9.10. The van der Waals surface area contributed by atoms with Crippen LogP contribution >= 0.6 is 15.9 Å². The van der Waals surface area contributed by atoms with Crippen molar-refractivity contribution in [3.63, 3.8) is 0 Å². The number of esters is 3. The number of ether oxygens (including phenoxy) is 4. The predicted molar refractivity (Wildman–Crippen MR) is 137 cm³/mol. The summed E-state index contributed by atoms with van der Waals surface area (Å²) in [6, 6.07) is 1.49. The molecular formula is C26H22BrF3N4O8. The van der Waals surface area contributed by atoms with Gasteiger partial charge in [-0.2, -0.15) is 0 Å². The van der Waals surface area contributed by atoms with E-state index in [1.807, 2.05) is 0 Å². The molecule has 0 amide bonds. The molecule has 4 rings (SSSR count). The summed E-state index contributed by atoms with van der Waals surface area (Å²) in [6.45, 7) is 2.79. The third-order valence-corrected chi connectivity index (χ3v) is 6.49. The SMILES string of the molecule is CC(=O)OCC1O[C@H](C(=O)c2cncc(Br)c2)[C@@H](OC(C)=O)C(n2cc(-c3cc(F)c(F)c(F)c3)nn2)[C@H]1OC(C)=O. The Hall–Kier alpha value is -4.18. The largest absolute Gasteiger partial charge is 0.463 e. The molecule has 1 fully saturated rings. The molecule has 0 aliphatic carbocycles. The van der Waals surface area contributed by atoms with Crippen LogP contribution in [0.1, 0.15) is 37.2 Å². The Balaban J connectivity index is 1.86. The first-order valence-electron chi connectivity index (χ1n) is 12.2. The van der Waals surface area contributed by atoms with Gasteiger partial charge in [-0.3, -0.25) is 24.2 Å². The highest BCUT2D eigenvalue weighted by atomic mass is 79.9. The van der Waals surface area contributed by atoms with Crippen molar-refractivity contribution in [2.24, 2.45) is 0 Å². The third-order valence-electron chi connectivity index (χ3n) is 6.06. The molecular weight excluding hydrogens is 633 g/mol. The van der Waals surface area contributed by atoms with E-state index in [1.54, 1.807) is 0 Å². The normalized spacial score (nSPS) is 21.8. The number of aromatic nitrogens is 4. The molecule has 42 heavy (non-hydrogen) atoms. The minimum absolute atomic E-state index is 0.0546. The molecule has 3 aromatic rings. The number of pyridine rings is 1. The molecule has 222 valence electrons. The number of benzene rings is 1. The lowest BCUT2D eigenvalue weighted by atomic mass is 9.88. The standard InChI is InChI=1S/C26H22BrF3N4O8/c1-11(35)39-10-20-24(40-12(2)36)22(34-9-19(32-33-34)14-5-17(28)21(30)18(29)6-14)25(41-13(3)37)26(42-20)23(38)15-4-16(27)8-31-7-15/h4-9,20,22,24-26H,10H2,1-3H3/t20?,22?,24-,25-,26+/m0/s1. The predicted octanol–water partition coefficient (Wildman–Crippen LogP) is 3.14. The van der Waals surface area contributed by atoms with Gasteiger partial charge in [-0.05, 0) is 34.1 Å². The van der Waals surface area contributed by atoms with Gasteiger partial charge in [0, 0.05) is 48.8 Å². The first-order chi connectivity index (χ1) is 19.8. The van der Waals surface area contributed by atoms with Crippen LogP contribution < -0.4 is 0 Å². The number of hydrogen-bond donors (Lipinski definition) is 0. The number of carbonyl (C=O) groups is 4. The summed E-state index contributed by atoms with van der Waals surface area (Å²) in [5.74, 6) is -7.70. The maximum absolute atomic E-state index is 13.9. The van der Waals surface area contributed by atoms with Crippen LogP contribution in [0.5, 0.6) is 0 Å². The van der Waals surface area contributed by atoms with Gasteiger partial charge in [0.2, 0.25) is 0 Å². The second kappa shape index (κ2) is 12.8. The van der Waals surface area contributed by atoms with Crippen molar-refractivity contribution in [3.05, 3.63) is 64.3 Å².